The molecule has 2 nitrogen and oxygen atoms in total. The fraction of sp³-hybridized carbons (Fsp3) is 0.375. The fourth-order valence-corrected chi connectivity index (χ4v) is 0.588. The van der Waals surface area contributed by atoms with E-state index < -0.39 is 0 Å². The Hall–Kier alpha value is -1.05. The van der Waals surface area contributed by atoms with Gasteiger partial charge in [0.2, 0.25) is 0 Å². The van der Waals surface area contributed by atoms with Gasteiger partial charge in [-0.25, -0.2) is 0 Å². The zero-order valence-corrected chi connectivity index (χ0v) is 6.81. The summed E-state index contributed by atoms with van der Waals surface area (Å²) >= 11 is 0. The van der Waals surface area contributed by atoms with Crippen LogP contribution >= 0.6 is 0 Å². The highest BCUT2D eigenvalue weighted by atomic mass is 14.8. The number of aliphatic imine (C=N–C) groups is 1. The molecule has 0 aliphatic carbocycles. The third kappa shape index (κ3) is 3.07. The number of rotatable bonds is 3. The normalized spacial score (nSPS) is 12.1. The Kier molecular flexibility index (Phi) is 4.29. The summed E-state index contributed by atoms with van der Waals surface area (Å²) in [5.41, 5.74) is 2.04. The summed E-state index contributed by atoms with van der Waals surface area (Å²) in [6, 6.07) is 0. The van der Waals surface area contributed by atoms with Crippen LogP contribution in [0.3, 0.4) is 0 Å². The van der Waals surface area contributed by atoms with E-state index in [2.05, 4.69) is 16.9 Å². The molecule has 0 atom stereocenters. The van der Waals surface area contributed by atoms with Gasteiger partial charge < -0.3 is 5.32 Å². The Bertz CT molecular complexity index is 166. The van der Waals surface area contributed by atoms with Gasteiger partial charge in [-0.15, -0.1) is 0 Å². The zero-order chi connectivity index (χ0) is 7.98. The summed E-state index contributed by atoms with van der Waals surface area (Å²) < 4.78 is 0. The fourth-order valence-electron chi connectivity index (χ4n) is 0.588. The van der Waals surface area contributed by atoms with Crippen molar-refractivity contribution in [2.75, 3.05) is 14.1 Å². The summed E-state index contributed by atoms with van der Waals surface area (Å²) in [6.07, 6.45) is 3.63. The Morgan fingerprint density at radius 1 is 1.60 bits per heavy atom. The van der Waals surface area contributed by atoms with Crippen molar-refractivity contribution in [2.45, 2.75) is 6.92 Å². The van der Waals surface area contributed by atoms with Crippen molar-refractivity contribution in [3.8, 4) is 0 Å². The van der Waals surface area contributed by atoms with Crippen LogP contribution in [-0.4, -0.2) is 20.3 Å². The average Bonchev–Trinajstić information content (AvgIpc) is 1.89. The molecule has 56 valence electrons. The van der Waals surface area contributed by atoms with Gasteiger partial charge in [0, 0.05) is 26.0 Å². The van der Waals surface area contributed by atoms with Crippen LogP contribution in [0.25, 0.3) is 0 Å². The number of likely N-dealkylation sites (N-methyl/N-ethyl adjacent to an activating group) is 1. The molecule has 0 aromatic heterocycles. The van der Waals surface area contributed by atoms with Gasteiger partial charge in [-0.2, -0.15) is 0 Å². The molecule has 0 saturated heterocycles. The second-order valence-corrected chi connectivity index (χ2v) is 2.02. The van der Waals surface area contributed by atoms with Gasteiger partial charge in [-0.3, -0.25) is 4.99 Å². The Morgan fingerprint density at radius 3 is 2.50 bits per heavy atom. The Balaban J connectivity index is 4.18. The van der Waals surface area contributed by atoms with Gasteiger partial charge >= 0.3 is 0 Å². The maximum atomic E-state index is 3.82. The lowest BCUT2D eigenvalue weighted by Gasteiger charge is -2.02. The van der Waals surface area contributed by atoms with E-state index in [9.17, 15) is 0 Å². The standard InChI is InChI=1S/C8H14N2/c1-7(2)8(10-4)5-6-9-3/h5-6,10H,1H2,2-4H3/b8-5-,9-6+. The summed E-state index contributed by atoms with van der Waals surface area (Å²) in [4.78, 5) is 3.82. The molecule has 0 amide bonds. The molecule has 0 rings (SSSR count). The molecular formula is C8H14N2. The SMILES string of the molecule is C=C(C)/C(=C/C=N/C)NC. The molecule has 0 radical (unpaired) electrons. The molecule has 0 fully saturated rings. The minimum Gasteiger partial charge on any atom is -0.388 e. The van der Waals surface area contributed by atoms with Crippen LogP contribution in [-0.2, 0) is 0 Å². The Morgan fingerprint density at radius 2 is 2.20 bits per heavy atom. The molecule has 2 heteroatoms. The van der Waals surface area contributed by atoms with Crippen LogP contribution in [0.1, 0.15) is 6.92 Å². The predicted molar refractivity (Wildman–Crippen MR) is 46.4 cm³/mol. The van der Waals surface area contributed by atoms with Crippen molar-refractivity contribution in [3.63, 3.8) is 0 Å². The van der Waals surface area contributed by atoms with Gasteiger partial charge in [0.25, 0.3) is 0 Å². The van der Waals surface area contributed by atoms with Crippen molar-refractivity contribution in [1.82, 2.24) is 5.32 Å². The van der Waals surface area contributed by atoms with Crippen molar-refractivity contribution in [2.24, 2.45) is 4.99 Å². The maximum Gasteiger partial charge on any atom is 0.0376 e. The predicted octanol–water partition coefficient (Wildman–Crippen LogP) is 1.37. The molecule has 1 N–H and O–H groups in total. The van der Waals surface area contributed by atoms with Crippen LogP contribution in [0, 0.1) is 0 Å². The Labute approximate surface area is 62.4 Å². The summed E-state index contributed by atoms with van der Waals surface area (Å²) in [5, 5.41) is 3.01. The quantitative estimate of drug-likeness (QED) is 0.462. The van der Waals surface area contributed by atoms with Crippen molar-refractivity contribution < 1.29 is 0 Å². The molecule has 0 spiro atoms. The second-order valence-electron chi connectivity index (χ2n) is 2.02. The molecule has 0 saturated carbocycles. The average molecular weight is 138 g/mol. The van der Waals surface area contributed by atoms with E-state index in [4.69, 9.17) is 0 Å². The monoisotopic (exact) mass is 138 g/mol. The van der Waals surface area contributed by atoms with Crippen molar-refractivity contribution in [1.29, 1.82) is 0 Å². The van der Waals surface area contributed by atoms with Gasteiger partial charge in [0.15, 0.2) is 0 Å². The van der Waals surface area contributed by atoms with Gasteiger partial charge in [-0.1, -0.05) is 6.58 Å². The maximum absolute atomic E-state index is 3.82. The largest absolute Gasteiger partial charge is 0.388 e. The topological polar surface area (TPSA) is 24.4 Å². The van der Waals surface area contributed by atoms with E-state index in [-0.39, 0.29) is 0 Å². The van der Waals surface area contributed by atoms with Gasteiger partial charge in [0.1, 0.15) is 0 Å². The highest BCUT2D eigenvalue weighted by Gasteiger charge is 1.89. The van der Waals surface area contributed by atoms with Crippen LogP contribution in [0.5, 0.6) is 0 Å². The van der Waals surface area contributed by atoms with Crippen molar-refractivity contribution >= 4 is 6.21 Å². The lowest BCUT2D eigenvalue weighted by Crippen LogP contribution is -2.06. The van der Waals surface area contributed by atoms with Gasteiger partial charge in [-0.05, 0) is 18.6 Å². The number of nitrogens with one attached hydrogen (secondary N) is 1. The molecule has 0 aliphatic heterocycles. The molecule has 0 aromatic rings. The molecule has 0 bridgehead atoms. The first-order valence-corrected chi connectivity index (χ1v) is 3.18. The van der Waals surface area contributed by atoms with E-state index in [1.54, 1.807) is 13.3 Å². The molecule has 10 heavy (non-hydrogen) atoms. The second kappa shape index (κ2) is 4.79. The third-order valence-corrected chi connectivity index (χ3v) is 1.12. The first-order chi connectivity index (χ1) is 4.72. The van der Waals surface area contributed by atoms with E-state index in [0.29, 0.717) is 0 Å². The first-order valence-electron chi connectivity index (χ1n) is 3.18. The highest BCUT2D eigenvalue weighted by molar-refractivity contribution is 5.73. The third-order valence-electron chi connectivity index (χ3n) is 1.12. The van der Waals surface area contributed by atoms with Crippen LogP contribution in [0.15, 0.2) is 28.9 Å². The number of nitrogens with zero attached hydrogens (tertiary/aromatic N) is 1. The molecule has 0 heterocycles. The van der Waals surface area contributed by atoms with Crippen LogP contribution in [0.4, 0.5) is 0 Å². The summed E-state index contributed by atoms with van der Waals surface area (Å²) in [5.74, 6) is 0. The lowest BCUT2D eigenvalue weighted by atomic mass is 10.2. The number of allylic oxidation sites excluding steroid dienone is 2. The van der Waals surface area contributed by atoms with Gasteiger partial charge in [0.05, 0.1) is 0 Å². The van der Waals surface area contributed by atoms with E-state index in [1.807, 2.05) is 20.0 Å². The van der Waals surface area contributed by atoms with E-state index in [1.165, 1.54) is 0 Å². The van der Waals surface area contributed by atoms with Crippen LogP contribution in [0.2, 0.25) is 0 Å². The molecule has 0 aromatic carbocycles. The smallest absolute Gasteiger partial charge is 0.0376 e. The summed E-state index contributed by atoms with van der Waals surface area (Å²) in [6.45, 7) is 5.74. The minimum absolute atomic E-state index is 1.02. The molecule has 0 aliphatic rings. The first kappa shape index (κ1) is 8.95. The molecule has 0 unspecified atom stereocenters. The number of hydrogen-bond acceptors (Lipinski definition) is 2. The van der Waals surface area contributed by atoms with Crippen molar-refractivity contribution in [3.05, 3.63) is 23.9 Å². The van der Waals surface area contributed by atoms with E-state index >= 15 is 0 Å². The summed E-state index contributed by atoms with van der Waals surface area (Å²) in [7, 11) is 3.60. The molecular weight excluding hydrogens is 124 g/mol. The van der Waals surface area contributed by atoms with Crippen LogP contribution < -0.4 is 5.32 Å². The minimum atomic E-state index is 1.02. The number of hydrogen-bond donors (Lipinski definition) is 1. The lowest BCUT2D eigenvalue weighted by molar-refractivity contribution is 1.00. The zero-order valence-electron chi connectivity index (χ0n) is 6.81. The van der Waals surface area contributed by atoms with E-state index in [0.717, 1.165) is 11.3 Å². The highest BCUT2D eigenvalue weighted by Crippen LogP contribution is 1.98.